The van der Waals surface area contributed by atoms with Crippen molar-refractivity contribution in [3.63, 3.8) is 0 Å². The smallest absolute Gasteiger partial charge is 0.306 e. The molecule has 0 N–H and O–H groups in total. The number of ether oxygens (including phenoxy) is 1. The molecule has 0 fully saturated rings. The van der Waals surface area contributed by atoms with E-state index in [1.807, 2.05) is 0 Å². The summed E-state index contributed by atoms with van der Waals surface area (Å²) in [5.74, 6) is 0.152. The SMILES string of the molecule is [CH2]C(=O)OCCCCCl. The molecule has 0 aromatic heterocycles. The monoisotopic (exact) mass is 149 g/mol. The van der Waals surface area contributed by atoms with E-state index >= 15 is 0 Å². The molecule has 0 aliphatic carbocycles. The second-order valence-corrected chi connectivity index (χ2v) is 1.99. The zero-order valence-electron chi connectivity index (χ0n) is 5.23. The van der Waals surface area contributed by atoms with Crippen LogP contribution in [0.1, 0.15) is 12.8 Å². The molecule has 0 aliphatic heterocycles. The maximum Gasteiger partial charge on any atom is 0.306 e. The molecular formula is C6H10ClO2. The van der Waals surface area contributed by atoms with E-state index in [0.29, 0.717) is 12.5 Å². The molecule has 0 unspecified atom stereocenters. The molecule has 1 radical (unpaired) electrons. The van der Waals surface area contributed by atoms with Crippen molar-refractivity contribution in [3.8, 4) is 0 Å². The Labute approximate surface area is 60.1 Å². The van der Waals surface area contributed by atoms with Gasteiger partial charge in [0.2, 0.25) is 0 Å². The lowest BCUT2D eigenvalue weighted by atomic mass is 10.4. The first kappa shape index (κ1) is 8.76. The van der Waals surface area contributed by atoms with E-state index in [1.165, 1.54) is 0 Å². The zero-order chi connectivity index (χ0) is 7.11. The predicted molar refractivity (Wildman–Crippen MR) is 36.3 cm³/mol. The number of hydrogen-bond donors (Lipinski definition) is 0. The second kappa shape index (κ2) is 5.89. The standard InChI is InChI=1S/C6H10ClO2/c1-6(8)9-5-3-2-4-7/h1-5H2. The quantitative estimate of drug-likeness (QED) is 0.343. The molecule has 53 valence electrons. The van der Waals surface area contributed by atoms with Crippen molar-refractivity contribution in [1.82, 2.24) is 0 Å². The van der Waals surface area contributed by atoms with E-state index in [-0.39, 0.29) is 0 Å². The van der Waals surface area contributed by atoms with Crippen LogP contribution in [0.15, 0.2) is 0 Å². The molecule has 9 heavy (non-hydrogen) atoms. The van der Waals surface area contributed by atoms with Gasteiger partial charge < -0.3 is 4.74 Å². The summed E-state index contributed by atoms with van der Waals surface area (Å²) in [5.41, 5.74) is 0. The number of halogens is 1. The Kier molecular flexibility index (Phi) is 5.73. The largest absolute Gasteiger partial charge is 0.466 e. The molecule has 0 heterocycles. The summed E-state index contributed by atoms with van der Waals surface area (Å²) in [4.78, 5) is 10.0. The Morgan fingerprint density at radius 2 is 2.22 bits per heavy atom. The van der Waals surface area contributed by atoms with Gasteiger partial charge in [-0.15, -0.1) is 11.6 Å². The number of unbranched alkanes of at least 4 members (excludes halogenated alkanes) is 1. The summed E-state index contributed by atoms with van der Waals surface area (Å²) >= 11 is 5.36. The van der Waals surface area contributed by atoms with E-state index in [0.717, 1.165) is 12.8 Å². The third-order valence-corrected chi connectivity index (χ3v) is 1.06. The van der Waals surface area contributed by atoms with Gasteiger partial charge >= 0.3 is 5.97 Å². The first-order valence-corrected chi connectivity index (χ1v) is 3.35. The predicted octanol–water partition coefficient (Wildman–Crippen LogP) is 1.38. The molecule has 0 rings (SSSR count). The van der Waals surface area contributed by atoms with Crippen LogP contribution in [-0.4, -0.2) is 18.5 Å². The maximum absolute atomic E-state index is 10.0. The summed E-state index contributed by atoms with van der Waals surface area (Å²) in [5, 5.41) is 0. The van der Waals surface area contributed by atoms with Crippen molar-refractivity contribution in [2.24, 2.45) is 0 Å². The van der Waals surface area contributed by atoms with Crippen LogP contribution < -0.4 is 0 Å². The number of carbonyl (C=O) groups excluding carboxylic acids is 1. The lowest BCUT2D eigenvalue weighted by Crippen LogP contribution is -2.00. The summed E-state index contributed by atoms with van der Waals surface area (Å²) in [6.07, 6.45) is 1.71. The van der Waals surface area contributed by atoms with Crippen LogP contribution in [0.25, 0.3) is 0 Å². The average molecular weight is 150 g/mol. The van der Waals surface area contributed by atoms with Gasteiger partial charge in [0.25, 0.3) is 0 Å². The summed E-state index contributed by atoms with van der Waals surface area (Å²) in [6, 6.07) is 0. The van der Waals surface area contributed by atoms with Crippen LogP contribution in [-0.2, 0) is 9.53 Å². The number of carbonyl (C=O) groups is 1. The Hall–Kier alpha value is -0.240. The number of rotatable bonds is 4. The van der Waals surface area contributed by atoms with Gasteiger partial charge in [-0.2, -0.15) is 0 Å². The Morgan fingerprint density at radius 1 is 1.56 bits per heavy atom. The Morgan fingerprint density at radius 3 is 2.67 bits per heavy atom. The molecule has 0 saturated heterocycles. The van der Waals surface area contributed by atoms with Crippen LogP contribution in [0.3, 0.4) is 0 Å². The lowest BCUT2D eigenvalue weighted by Gasteiger charge is -1.97. The minimum absolute atomic E-state index is 0.440. The molecule has 0 amide bonds. The van der Waals surface area contributed by atoms with E-state index < -0.39 is 5.97 Å². The first-order chi connectivity index (χ1) is 4.27. The molecule has 0 spiro atoms. The minimum Gasteiger partial charge on any atom is -0.466 e. The molecule has 0 aromatic carbocycles. The molecule has 3 heteroatoms. The van der Waals surface area contributed by atoms with Crippen molar-refractivity contribution in [1.29, 1.82) is 0 Å². The fraction of sp³-hybridized carbons (Fsp3) is 0.667. The van der Waals surface area contributed by atoms with E-state index in [2.05, 4.69) is 11.7 Å². The Balaban J connectivity index is 2.83. The van der Waals surface area contributed by atoms with Crippen molar-refractivity contribution in [2.75, 3.05) is 12.5 Å². The minimum atomic E-state index is -0.468. The topological polar surface area (TPSA) is 26.3 Å². The molecule has 0 aliphatic rings. The molecular weight excluding hydrogens is 140 g/mol. The highest BCUT2D eigenvalue weighted by Crippen LogP contribution is 1.91. The third-order valence-electron chi connectivity index (χ3n) is 0.791. The summed E-state index contributed by atoms with van der Waals surface area (Å²) < 4.78 is 4.54. The number of esters is 1. The van der Waals surface area contributed by atoms with E-state index in [1.54, 1.807) is 0 Å². The van der Waals surface area contributed by atoms with Crippen molar-refractivity contribution in [3.05, 3.63) is 6.92 Å². The van der Waals surface area contributed by atoms with Crippen LogP contribution >= 0.6 is 11.6 Å². The Bertz CT molecular complexity index is 83.1. The van der Waals surface area contributed by atoms with E-state index in [4.69, 9.17) is 11.6 Å². The summed E-state index contributed by atoms with van der Waals surface area (Å²) in [7, 11) is 0. The second-order valence-electron chi connectivity index (χ2n) is 1.62. The average Bonchev–Trinajstić information content (AvgIpc) is 1.80. The van der Waals surface area contributed by atoms with Crippen LogP contribution in [0, 0.1) is 6.92 Å². The highest BCUT2D eigenvalue weighted by molar-refractivity contribution is 6.17. The van der Waals surface area contributed by atoms with Crippen molar-refractivity contribution < 1.29 is 9.53 Å². The van der Waals surface area contributed by atoms with Gasteiger partial charge in [-0.05, 0) is 12.8 Å². The fourth-order valence-electron chi connectivity index (χ4n) is 0.383. The lowest BCUT2D eigenvalue weighted by molar-refractivity contribution is -0.138. The van der Waals surface area contributed by atoms with E-state index in [9.17, 15) is 4.79 Å². The maximum atomic E-state index is 10.0. The van der Waals surface area contributed by atoms with Crippen LogP contribution in [0.5, 0.6) is 0 Å². The highest BCUT2D eigenvalue weighted by atomic mass is 35.5. The number of hydrogen-bond acceptors (Lipinski definition) is 2. The number of alkyl halides is 1. The van der Waals surface area contributed by atoms with Crippen molar-refractivity contribution in [2.45, 2.75) is 12.8 Å². The first-order valence-electron chi connectivity index (χ1n) is 2.82. The molecule has 0 bridgehead atoms. The molecule has 0 aromatic rings. The summed E-state index contributed by atoms with van der Waals surface area (Å²) in [6.45, 7) is 3.48. The van der Waals surface area contributed by atoms with Gasteiger partial charge in [0.05, 0.1) is 13.5 Å². The highest BCUT2D eigenvalue weighted by Gasteiger charge is 1.90. The van der Waals surface area contributed by atoms with Gasteiger partial charge in [0, 0.05) is 5.88 Å². The van der Waals surface area contributed by atoms with Gasteiger partial charge in [-0.3, -0.25) is 4.79 Å². The van der Waals surface area contributed by atoms with Gasteiger partial charge in [0.1, 0.15) is 0 Å². The molecule has 2 nitrogen and oxygen atoms in total. The van der Waals surface area contributed by atoms with Gasteiger partial charge in [-0.1, -0.05) is 0 Å². The normalized spacial score (nSPS) is 9.11. The van der Waals surface area contributed by atoms with Crippen LogP contribution in [0.4, 0.5) is 0 Å². The third kappa shape index (κ3) is 7.76. The van der Waals surface area contributed by atoms with Gasteiger partial charge in [-0.25, -0.2) is 0 Å². The van der Waals surface area contributed by atoms with Crippen molar-refractivity contribution >= 4 is 17.6 Å². The molecule has 0 saturated carbocycles. The van der Waals surface area contributed by atoms with Crippen LogP contribution in [0.2, 0.25) is 0 Å². The molecule has 0 atom stereocenters. The zero-order valence-corrected chi connectivity index (χ0v) is 5.99. The van der Waals surface area contributed by atoms with Gasteiger partial charge in [0.15, 0.2) is 0 Å². The fourth-order valence-corrected chi connectivity index (χ4v) is 0.572.